The van der Waals surface area contributed by atoms with Gasteiger partial charge in [-0.3, -0.25) is 0 Å². The maximum absolute atomic E-state index is 6.60. The lowest BCUT2D eigenvalue weighted by atomic mass is 9.76. The first-order valence-corrected chi connectivity index (χ1v) is 9.67. The Morgan fingerprint density at radius 1 is 0.920 bits per heavy atom. The minimum Gasteiger partial charge on any atom is -0.493 e. The van der Waals surface area contributed by atoms with E-state index in [4.69, 9.17) is 14.2 Å². The van der Waals surface area contributed by atoms with Crippen LogP contribution in [-0.2, 0) is 4.74 Å². The van der Waals surface area contributed by atoms with E-state index in [9.17, 15) is 0 Å². The molecule has 2 aromatic rings. The molecule has 0 bridgehead atoms. The fraction of sp³-hybridized carbons (Fsp3) is 0.429. The van der Waals surface area contributed by atoms with Crippen LogP contribution in [0.4, 0.5) is 0 Å². The van der Waals surface area contributed by atoms with Crippen LogP contribution in [0, 0.1) is 0 Å². The summed E-state index contributed by atoms with van der Waals surface area (Å²) in [6.45, 7) is 0. The van der Waals surface area contributed by atoms with Crippen molar-refractivity contribution in [2.75, 3.05) is 14.2 Å². The van der Waals surface area contributed by atoms with Crippen molar-refractivity contribution >= 4 is 15.9 Å². The van der Waals surface area contributed by atoms with E-state index in [1.54, 1.807) is 14.2 Å². The molecule has 3 nitrogen and oxygen atoms in total. The first-order valence-electron chi connectivity index (χ1n) is 8.88. The Morgan fingerprint density at radius 2 is 1.56 bits per heavy atom. The van der Waals surface area contributed by atoms with Crippen LogP contribution in [0.25, 0.3) is 0 Å². The molecule has 0 amide bonds. The average molecular weight is 403 g/mol. The van der Waals surface area contributed by atoms with Gasteiger partial charge in [0.2, 0.25) is 0 Å². The maximum Gasteiger partial charge on any atom is 0.161 e. The van der Waals surface area contributed by atoms with Crippen molar-refractivity contribution in [2.24, 2.45) is 0 Å². The van der Waals surface area contributed by atoms with E-state index >= 15 is 0 Å². The number of ether oxygens (including phenoxy) is 3. The molecule has 0 aromatic heterocycles. The third kappa shape index (κ3) is 3.06. The van der Waals surface area contributed by atoms with E-state index in [0.29, 0.717) is 5.92 Å². The molecule has 0 N–H and O–H groups in total. The third-order valence-corrected chi connectivity index (χ3v) is 5.99. The van der Waals surface area contributed by atoms with Gasteiger partial charge in [0.25, 0.3) is 0 Å². The number of hydrogen-bond acceptors (Lipinski definition) is 3. The van der Waals surface area contributed by atoms with Gasteiger partial charge in [-0.15, -0.1) is 0 Å². The summed E-state index contributed by atoms with van der Waals surface area (Å²) in [7, 11) is 3.39. The zero-order valence-corrected chi connectivity index (χ0v) is 16.2. The summed E-state index contributed by atoms with van der Waals surface area (Å²) in [5.41, 5.74) is 3.75. The van der Waals surface area contributed by atoms with E-state index in [1.165, 1.54) is 36.0 Å². The molecule has 1 aliphatic carbocycles. The monoisotopic (exact) mass is 402 g/mol. The van der Waals surface area contributed by atoms with Gasteiger partial charge in [0.1, 0.15) is 6.10 Å². The number of rotatable bonds is 3. The number of hydrogen-bond donors (Lipinski definition) is 0. The van der Waals surface area contributed by atoms with Crippen LogP contribution >= 0.6 is 15.9 Å². The van der Waals surface area contributed by atoms with Crippen molar-refractivity contribution in [2.45, 2.75) is 43.8 Å². The molecule has 1 aliphatic heterocycles. The third-order valence-electron chi connectivity index (χ3n) is 5.46. The summed E-state index contributed by atoms with van der Waals surface area (Å²) in [5.74, 6) is 2.03. The number of benzene rings is 2. The van der Waals surface area contributed by atoms with Gasteiger partial charge < -0.3 is 14.2 Å². The second-order valence-corrected chi connectivity index (χ2v) is 7.75. The average Bonchev–Trinajstić information content (AvgIpc) is 2.67. The first kappa shape index (κ1) is 16.9. The molecular weight excluding hydrogens is 380 g/mol. The normalized spacial score (nSPS) is 25.0. The number of fused-ring (bicyclic) bond motifs is 3. The van der Waals surface area contributed by atoms with E-state index in [1.807, 2.05) is 0 Å². The summed E-state index contributed by atoms with van der Waals surface area (Å²) in [6.07, 6.45) is 5.05. The Balaban J connectivity index is 1.85. The molecular formula is C21H23BrO3. The van der Waals surface area contributed by atoms with Crippen molar-refractivity contribution < 1.29 is 14.2 Å². The van der Waals surface area contributed by atoms with Crippen LogP contribution in [0.1, 0.15) is 54.4 Å². The van der Waals surface area contributed by atoms with Gasteiger partial charge in [-0.2, -0.15) is 0 Å². The smallest absolute Gasteiger partial charge is 0.161 e. The number of methoxy groups -OCH3 is 2. The zero-order chi connectivity index (χ0) is 17.4. The molecule has 4 heteroatoms. The van der Waals surface area contributed by atoms with Gasteiger partial charge >= 0.3 is 0 Å². The molecule has 132 valence electrons. The molecule has 1 fully saturated rings. The lowest BCUT2D eigenvalue weighted by Crippen LogP contribution is -2.33. The van der Waals surface area contributed by atoms with Crippen molar-refractivity contribution in [1.82, 2.24) is 0 Å². The molecule has 2 aliphatic rings. The summed E-state index contributed by atoms with van der Waals surface area (Å²) in [6, 6.07) is 12.7. The first-order chi connectivity index (χ1) is 12.2. The van der Waals surface area contributed by atoms with E-state index in [-0.39, 0.29) is 12.2 Å². The second-order valence-electron chi connectivity index (χ2n) is 6.83. The van der Waals surface area contributed by atoms with Crippen molar-refractivity contribution in [3.8, 4) is 11.5 Å². The predicted molar refractivity (Wildman–Crippen MR) is 102 cm³/mol. The summed E-state index contributed by atoms with van der Waals surface area (Å²) in [4.78, 5) is 0. The van der Waals surface area contributed by atoms with Crippen LogP contribution in [0.2, 0.25) is 0 Å². The molecule has 25 heavy (non-hydrogen) atoms. The molecule has 0 saturated heterocycles. The molecule has 0 spiro atoms. The Bertz CT molecular complexity index is 756. The molecule has 0 radical (unpaired) electrons. The van der Waals surface area contributed by atoms with Crippen LogP contribution < -0.4 is 9.47 Å². The number of halogens is 1. The topological polar surface area (TPSA) is 27.7 Å². The summed E-state index contributed by atoms with van der Waals surface area (Å²) < 4.78 is 18.8. The SMILES string of the molecule is COc1cc2c(cc1OC)[C@H]1CCCC[C@H]1O[C@H]2c1ccc(Br)cc1. The van der Waals surface area contributed by atoms with Gasteiger partial charge in [0.15, 0.2) is 11.5 Å². The summed E-state index contributed by atoms with van der Waals surface area (Å²) in [5, 5.41) is 0. The van der Waals surface area contributed by atoms with Gasteiger partial charge in [-0.1, -0.05) is 40.9 Å². The zero-order valence-electron chi connectivity index (χ0n) is 14.6. The van der Waals surface area contributed by atoms with Gasteiger partial charge in [0.05, 0.1) is 20.3 Å². The van der Waals surface area contributed by atoms with Gasteiger partial charge in [-0.25, -0.2) is 0 Å². The lowest BCUT2D eigenvalue weighted by molar-refractivity contribution is -0.0391. The standard InChI is InChI=1S/C21H23BrO3/c1-23-19-11-16-15-5-3-4-6-18(15)25-21(17(16)12-20(19)24-2)13-7-9-14(22)10-8-13/h7-12,15,18,21H,3-6H2,1-2H3/t15-,18-,21+/m1/s1. The van der Waals surface area contributed by atoms with Crippen molar-refractivity contribution in [3.05, 3.63) is 57.6 Å². The fourth-order valence-corrected chi connectivity index (χ4v) is 4.48. The molecule has 0 unspecified atom stereocenters. The Labute approximate surface area is 157 Å². The highest BCUT2D eigenvalue weighted by Gasteiger charge is 2.38. The van der Waals surface area contributed by atoms with E-state index < -0.39 is 0 Å². The Morgan fingerprint density at radius 3 is 2.24 bits per heavy atom. The van der Waals surface area contributed by atoms with E-state index in [0.717, 1.165) is 22.4 Å². The Kier molecular flexibility index (Phi) is 4.74. The van der Waals surface area contributed by atoms with Crippen LogP contribution in [0.5, 0.6) is 11.5 Å². The highest BCUT2D eigenvalue weighted by molar-refractivity contribution is 9.10. The van der Waals surface area contributed by atoms with E-state index in [2.05, 4.69) is 52.3 Å². The largest absolute Gasteiger partial charge is 0.493 e. The highest BCUT2D eigenvalue weighted by atomic mass is 79.9. The van der Waals surface area contributed by atoms with Gasteiger partial charge in [-0.05, 0) is 53.8 Å². The summed E-state index contributed by atoms with van der Waals surface area (Å²) >= 11 is 3.52. The molecule has 4 rings (SSSR count). The maximum atomic E-state index is 6.60. The predicted octanol–water partition coefficient (Wildman–Crippen LogP) is 5.61. The Hall–Kier alpha value is -1.52. The molecule has 1 saturated carbocycles. The molecule has 3 atom stereocenters. The van der Waals surface area contributed by atoms with Crippen molar-refractivity contribution in [3.63, 3.8) is 0 Å². The molecule has 1 heterocycles. The quantitative estimate of drug-likeness (QED) is 0.667. The van der Waals surface area contributed by atoms with Gasteiger partial charge in [0, 0.05) is 10.4 Å². The minimum absolute atomic E-state index is 0.0535. The molecule has 2 aromatic carbocycles. The highest BCUT2D eigenvalue weighted by Crippen LogP contribution is 2.49. The fourth-order valence-electron chi connectivity index (χ4n) is 4.22. The minimum atomic E-state index is -0.0535. The second kappa shape index (κ2) is 7.00. The van der Waals surface area contributed by atoms with Crippen LogP contribution in [0.15, 0.2) is 40.9 Å². The van der Waals surface area contributed by atoms with Crippen LogP contribution in [0.3, 0.4) is 0 Å². The lowest BCUT2D eigenvalue weighted by Gasteiger charge is -2.41. The van der Waals surface area contributed by atoms with Crippen molar-refractivity contribution in [1.29, 1.82) is 0 Å². The van der Waals surface area contributed by atoms with Crippen LogP contribution in [-0.4, -0.2) is 20.3 Å².